The minimum atomic E-state index is -0.391. The zero-order valence-electron chi connectivity index (χ0n) is 7.36. The molecule has 0 unspecified atom stereocenters. The lowest BCUT2D eigenvalue weighted by Crippen LogP contribution is -2.02. The molecular formula is C8H5BrClFN4. The minimum absolute atomic E-state index is 0.0560. The summed E-state index contributed by atoms with van der Waals surface area (Å²) >= 11 is 8.77. The fraction of sp³-hybridized carbons (Fsp3) is 0.125. The van der Waals surface area contributed by atoms with E-state index < -0.39 is 5.82 Å². The molecule has 1 aromatic heterocycles. The third-order valence-corrected chi connectivity index (χ3v) is 2.78. The first-order valence-corrected chi connectivity index (χ1v) is 5.33. The number of tetrazole rings is 1. The van der Waals surface area contributed by atoms with Crippen molar-refractivity contribution in [1.82, 2.24) is 20.2 Å². The van der Waals surface area contributed by atoms with Gasteiger partial charge in [-0.3, -0.25) is 0 Å². The second-order valence-electron chi connectivity index (χ2n) is 2.75. The lowest BCUT2D eigenvalue weighted by atomic mass is 10.2. The minimum Gasteiger partial charge on any atom is -0.205 e. The number of aromatic nitrogens is 4. The summed E-state index contributed by atoms with van der Waals surface area (Å²) in [5.74, 6) is -0.335. The molecule has 7 heteroatoms. The quantitative estimate of drug-likeness (QED) is 0.798. The number of halogens is 3. The van der Waals surface area contributed by atoms with Crippen LogP contribution in [0.4, 0.5) is 4.39 Å². The van der Waals surface area contributed by atoms with E-state index in [1.165, 1.54) is 11.0 Å². The van der Waals surface area contributed by atoms with Gasteiger partial charge in [0.05, 0.1) is 16.0 Å². The Bertz CT molecular complexity index is 474. The smallest absolute Gasteiger partial charge is 0.143 e. The van der Waals surface area contributed by atoms with Gasteiger partial charge in [-0.25, -0.2) is 9.07 Å². The SMILES string of the molecule is Fc1c(Br)ccc(-n2cnnn2)c1CCl. The zero-order chi connectivity index (χ0) is 10.8. The van der Waals surface area contributed by atoms with Gasteiger partial charge in [-0.2, -0.15) is 0 Å². The number of nitrogens with zero attached hydrogens (tertiary/aromatic N) is 4. The summed E-state index contributed by atoms with van der Waals surface area (Å²) in [5, 5.41) is 10.6. The molecule has 0 aliphatic rings. The number of hydrogen-bond donors (Lipinski definition) is 0. The molecule has 2 rings (SSSR count). The van der Waals surface area contributed by atoms with E-state index in [0.29, 0.717) is 15.7 Å². The van der Waals surface area contributed by atoms with Crippen molar-refractivity contribution in [3.05, 3.63) is 34.3 Å². The van der Waals surface area contributed by atoms with E-state index in [2.05, 4.69) is 31.5 Å². The summed E-state index contributed by atoms with van der Waals surface area (Å²) in [6.45, 7) is 0. The largest absolute Gasteiger partial charge is 0.205 e. The summed E-state index contributed by atoms with van der Waals surface area (Å²) in [5.41, 5.74) is 0.897. The third kappa shape index (κ3) is 1.87. The van der Waals surface area contributed by atoms with E-state index in [4.69, 9.17) is 11.6 Å². The maximum Gasteiger partial charge on any atom is 0.143 e. The van der Waals surface area contributed by atoms with Crippen LogP contribution >= 0.6 is 27.5 Å². The molecule has 78 valence electrons. The summed E-state index contributed by atoms with van der Waals surface area (Å²) in [4.78, 5) is 0. The molecule has 0 spiro atoms. The van der Waals surface area contributed by atoms with Crippen LogP contribution in [0.15, 0.2) is 22.9 Å². The highest BCUT2D eigenvalue weighted by molar-refractivity contribution is 9.10. The maximum atomic E-state index is 13.6. The molecule has 0 radical (unpaired) electrons. The Hall–Kier alpha value is -1.01. The van der Waals surface area contributed by atoms with Crippen molar-refractivity contribution in [2.24, 2.45) is 0 Å². The van der Waals surface area contributed by atoms with E-state index >= 15 is 0 Å². The number of rotatable bonds is 2. The first-order valence-electron chi connectivity index (χ1n) is 4.00. The van der Waals surface area contributed by atoms with E-state index in [0.717, 1.165) is 0 Å². The number of benzene rings is 1. The fourth-order valence-electron chi connectivity index (χ4n) is 1.20. The second kappa shape index (κ2) is 4.24. The predicted molar refractivity (Wildman–Crippen MR) is 56.4 cm³/mol. The molecular weight excluding hydrogens is 286 g/mol. The molecule has 0 N–H and O–H groups in total. The van der Waals surface area contributed by atoms with Gasteiger partial charge in [0, 0.05) is 5.56 Å². The Labute approximate surface area is 98.2 Å². The first-order chi connectivity index (χ1) is 7.24. The van der Waals surface area contributed by atoms with Crippen molar-refractivity contribution in [3.63, 3.8) is 0 Å². The normalized spacial score (nSPS) is 10.6. The van der Waals surface area contributed by atoms with Gasteiger partial charge in [-0.1, -0.05) is 0 Å². The van der Waals surface area contributed by atoms with Crippen molar-refractivity contribution < 1.29 is 4.39 Å². The molecule has 0 saturated carbocycles. The molecule has 0 aliphatic carbocycles. The van der Waals surface area contributed by atoms with Crippen LogP contribution in [0.25, 0.3) is 5.69 Å². The highest BCUT2D eigenvalue weighted by Gasteiger charge is 2.13. The highest BCUT2D eigenvalue weighted by Crippen LogP contribution is 2.25. The Morgan fingerprint density at radius 3 is 2.87 bits per heavy atom. The van der Waals surface area contributed by atoms with Gasteiger partial charge in [-0.05, 0) is 38.5 Å². The van der Waals surface area contributed by atoms with Gasteiger partial charge in [0.2, 0.25) is 0 Å². The van der Waals surface area contributed by atoms with Crippen LogP contribution < -0.4 is 0 Å². The van der Waals surface area contributed by atoms with E-state index in [1.54, 1.807) is 12.1 Å². The third-order valence-electron chi connectivity index (χ3n) is 1.90. The Kier molecular flexibility index (Phi) is 2.97. The van der Waals surface area contributed by atoms with Crippen LogP contribution in [-0.2, 0) is 5.88 Å². The monoisotopic (exact) mass is 290 g/mol. The molecule has 0 aliphatic heterocycles. The van der Waals surface area contributed by atoms with Gasteiger partial charge in [0.15, 0.2) is 0 Å². The van der Waals surface area contributed by atoms with Gasteiger partial charge < -0.3 is 0 Å². The average Bonchev–Trinajstić information content (AvgIpc) is 2.75. The summed E-state index contributed by atoms with van der Waals surface area (Å²) in [6, 6.07) is 3.28. The Morgan fingerprint density at radius 1 is 1.47 bits per heavy atom. The van der Waals surface area contributed by atoms with Crippen molar-refractivity contribution in [2.75, 3.05) is 0 Å². The summed E-state index contributed by atoms with van der Waals surface area (Å²) in [7, 11) is 0. The van der Waals surface area contributed by atoms with E-state index in [9.17, 15) is 4.39 Å². The van der Waals surface area contributed by atoms with Crippen molar-refractivity contribution in [1.29, 1.82) is 0 Å². The maximum absolute atomic E-state index is 13.6. The standard InChI is InChI=1S/C8H5BrClFN4/c9-6-1-2-7(5(3-10)8(6)11)15-4-12-13-14-15/h1-2,4H,3H2. The van der Waals surface area contributed by atoms with Crippen LogP contribution in [0, 0.1) is 5.82 Å². The molecule has 0 saturated heterocycles. The van der Waals surface area contributed by atoms with Crippen molar-refractivity contribution in [3.8, 4) is 5.69 Å². The van der Waals surface area contributed by atoms with Gasteiger partial charge in [0.25, 0.3) is 0 Å². The number of alkyl halides is 1. The van der Waals surface area contributed by atoms with Gasteiger partial charge >= 0.3 is 0 Å². The first kappa shape index (κ1) is 10.5. The van der Waals surface area contributed by atoms with Gasteiger partial charge in [-0.15, -0.1) is 16.7 Å². The fourth-order valence-corrected chi connectivity index (χ4v) is 1.82. The topological polar surface area (TPSA) is 43.6 Å². The van der Waals surface area contributed by atoms with Crippen LogP contribution in [0.2, 0.25) is 0 Å². The lowest BCUT2D eigenvalue weighted by molar-refractivity contribution is 0.606. The number of hydrogen-bond acceptors (Lipinski definition) is 3. The van der Waals surface area contributed by atoms with Crippen LogP contribution in [0.3, 0.4) is 0 Å². The molecule has 0 amide bonds. The molecule has 0 bridgehead atoms. The molecule has 2 aromatic rings. The van der Waals surface area contributed by atoms with Crippen molar-refractivity contribution >= 4 is 27.5 Å². The summed E-state index contributed by atoms with van der Waals surface area (Å²) in [6.07, 6.45) is 1.39. The van der Waals surface area contributed by atoms with Crippen LogP contribution in [0.5, 0.6) is 0 Å². The lowest BCUT2D eigenvalue weighted by Gasteiger charge is -2.07. The molecule has 15 heavy (non-hydrogen) atoms. The predicted octanol–water partition coefficient (Wildman–Crippen LogP) is 2.30. The van der Waals surface area contributed by atoms with Crippen LogP contribution in [-0.4, -0.2) is 20.2 Å². The highest BCUT2D eigenvalue weighted by atomic mass is 79.9. The molecule has 4 nitrogen and oxygen atoms in total. The van der Waals surface area contributed by atoms with Crippen molar-refractivity contribution in [2.45, 2.75) is 5.88 Å². The second-order valence-corrected chi connectivity index (χ2v) is 3.87. The molecule has 1 aromatic carbocycles. The molecule has 1 heterocycles. The Morgan fingerprint density at radius 2 is 2.27 bits per heavy atom. The van der Waals surface area contributed by atoms with E-state index in [-0.39, 0.29) is 5.88 Å². The zero-order valence-corrected chi connectivity index (χ0v) is 9.70. The van der Waals surface area contributed by atoms with E-state index in [1.807, 2.05) is 0 Å². The summed E-state index contributed by atoms with van der Waals surface area (Å²) < 4.78 is 15.4. The van der Waals surface area contributed by atoms with Gasteiger partial charge in [0.1, 0.15) is 12.1 Å². The van der Waals surface area contributed by atoms with Crippen LogP contribution in [0.1, 0.15) is 5.56 Å². The molecule has 0 atom stereocenters. The average molecular weight is 292 g/mol. The Balaban J connectivity index is 2.62. The molecule has 0 fully saturated rings.